The molecule has 92 valence electrons. The number of rotatable bonds is 5. The van der Waals surface area contributed by atoms with E-state index in [-0.39, 0.29) is 6.42 Å². The van der Waals surface area contributed by atoms with Gasteiger partial charge in [0.05, 0.1) is 12.1 Å². The number of pyridine rings is 2. The van der Waals surface area contributed by atoms with Crippen molar-refractivity contribution in [3.8, 4) is 11.4 Å². The molecule has 0 saturated carbocycles. The lowest BCUT2D eigenvalue weighted by molar-refractivity contribution is -0.136. The van der Waals surface area contributed by atoms with Gasteiger partial charge in [0.25, 0.3) is 0 Å². The van der Waals surface area contributed by atoms with Crippen molar-refractivity contribution in [3.05, 3.63) is 42.7 Å². The Bertz CT molecular complexity index is 532. The van der Waals surface area contributed by atoms with Gasteiger partial charge in [0.15, 0.2) is 0 Å². The van der Waals surface area contributed by atoms with E-state index < -0.39 is 5.97 Å². The van der Waals surface area contributed by atoms with Gasteiger partial charge in [-0.3, -0.25) is 14.8 Å². The molecule has 0 saturated heterocycles. The summed E-state index contributed by atoms with van der Waals surface area (Å²) in [6, 6.07) is 9.43. The van der Waals surface area contributed by atoms with Gasteiger partial charge in [0.1, 0.15) is 5.69 Å². The van der Waals surface area contributed by atoms with Crippen LogP contribution in [0.4, 0.5) is 0 Å². The van der Waals surface area contributed by atoms with E-state index in [4.69, 9.17) is 5.11 Å². The Balaban J connectivity index is 2.18. The standard InChI is InChI=1S/C13H12N2O2S/c16-12(17)6-9-18-11-5-3-8-15-13(11)10-4-1-2-7-14-10/h1-5,7-8H,6,9H2,(H,16,17). The monoisotopic (exact) mass is 260 g/mol. The first-order valence-corrected chi connectivity index (χ1v) is 6.47. The predicted octanol–water partition coefficient (Wildman–Crippen LogP) is 2.71. The molecule has 0 fully saturated rings. The smallest absolute Gasteiger partial charge is 0.304 e. The Morgan fingerprint density at radius 3 is 2.72 bits per heavy atom. The maximum Gasteiger partial charge on any atom is 0.304 e. The van der Waals surface area contributed by atoms with Crippen LogP contribution in [0.2, 0.25) is 0 Å². The highest BCUT2D eigenvalue weighted by Gasteiger charge is 2.08. The fourth-order valence-electron chi connectivity index (χ4n) is 1.45. The third kappa shape index (κ3) is 3.30. The molecule has 0 aliphatic carbocycles. The van der Waals surface area contributed by atoms with E-state index in [1.165, 1.54) is 11.8 Å². The van der Waals surface area contributed by atoms with Gasteiger partial charge in [0.2, 0.25) is 0 Å². The highest BCUT2D eigenvalue weighted by atomic mass is 32.2. The normalized spacial score (nSPS) is 10.2. The molecule has 2 heterocycles. The zero-order chi connectivity index (χ0) is 12.8. The van der Waals surface area contributed by atoms with E-state index in [9.17, 15) is 4.79 Å². The van der Waals surface area contributed by atoms with Crippen LogP contribution in [0, 0.1) is 0 Å². The predicted molar refractivity (Wildman–Crippen MR) is 70.4 cm³/mol. The van der Waals surface area contributed by atoms with Crippen LogP contribution in [0.1, 0.15) is 6.42 Å². The van der Waals surface area contributed by atoms with Gasteiger partial charge in [-0.2, -0.15) is 0 Å². The number of carbonyl (C=O) groups is 1. The molecule has 0 amide bonds. The number of carboxylic acids is 1. The van der Waals surface area contributed by atoms with Crippen molar-refractivity contribution in [3.63, 3.8) is 0 Å². The van der Waals surface area contributed by atoms with Crippen LogP contribution in [0.5, 0.6) is 0 Å². The zero-order valence-corrected chi connectivity index (χ0v) is 10.4. The molecule has 0 atom stereocenters. The van der Waals surface area contributed by atoms with Gasteiger partial charge in [-0.05, 0) is 24.3 Å². The summed E-state index contributed by atoms with van der Waals surface area (Å²) in [5, 5.41) is 8.64. The highest BCUT2D eigenvalue weighted by Crippen LogP contribution is 2.28. The first kappa shape index (κ1) is 12.6. The lowest BCUT2D eigenvalue weighted by atomic mass is 10.2. The van der Waals surface area contributed by atoms with Crippen LogP contribution in [0.25, 0.3) is 11.4 Å². The van der Waals surface area contributed by atoms with Crippen molar-refractivity contribution in [1.29, 1.82) is 0 Å². The molecule has 0 aromatic carbocycles. The van der Waals surface area contributed by atoms with Gasteiger partial charge in [-0.25, -0.2) is 0 Å². The van der Waals surface area contributed by atoms with Crippen molar-refractivity contribution < 1.29 is 9.90 Å². The second-order valence-corrected chi connectivity index (χ2v) is 4.69. The average Bonchev–Trinajstić information content (AvgIpc) is 2.40. The molecule has 0 radical (unpaired) electrons. The van der Waals surface area contributed by atoms with Crippen molar-refractivity contribution in [2.45, 2.75) is 11.3 Å². The van der Waals surface area contributed by atoms with Crippen LogP contribution in [0.15, 0.2) is 47.6 Å². The molecule has 0 aliphatic rings. The Morgan fingerprint density at radius 2 is 2.00 bits per heavy atom. The van der Waals surface area contributed by atoms with Crippen LogP contribution in [-0.2, 0) is 4.79 Å². The van der Waals surface area contributed by atoms with Crippen LogP contribution < -0.4 is 0 Å². The van der Waals surface area contributed by atoms with E-state index >= 15 is 0 Å². The maximum atomic E-state index is 10.5. The fraction of sp³-hybridized carbons (Fsp3) is 0.154. The molecule has 4 nitrogen and oxygen atoms in total. The molecule has 2 aromatic heterocycles. The van der Waals surface area contributed by atoms with Crippen LogP contribution in [0.3, 0.4) is 0 Å². The summed E-state index contributed by atoms with van der Waals surface area (Å²) < 4.78 is 0. The van der Waals surface area contributed by atoms with Crippen molar-refractivity contribution in [1.82, 2.24) is 9.97 Å². The summed E-state index contributed by atoms with van der Waals surface area (Å²) in [5.41, 5.74) is 1.60. The summed E-state index contributed by atoms with van der Waals surface area (Å²) in [5.74, 6) is -0.258. The summed E-state index contributed by atoms with van der Waals surface area (Å²) in [7, 11) is 0. The molecule has 5 heteroatoms. The number of aromatic nitrogens is 2. The first-order valence-electron chi connectivity index (χ1n) is 5.48. The molecular formula is C13H12N2O2S. The maximum absolute atomic E-state index is 10.5. The van der Waals surface area contributed by atoms with Crippen molar-refractivity contribution >= 4 is 17.7 Å². The molecule has 0 spiro atoms. The van der Waals surface area contributed by atoms with Gasteiger partial charge >= 0.3 is 5.97 Å². The van der Waals surface area contributed by atoms with Crippen molar-refractivity contribution in [2.24, 2.45) is 0 Å². The third-order valence-electron chi connectivity index (χ3n) is 2.25. The number of nitrogens with zero attached hydrogens (tertiary/aromatic N) is 2. The van der Waals surface area contributed by atoms with Gasteiger partial charge in [-0.1, -0.05) is 6.07 Å². The first-order chi connectivity index (χ1) is 8.77. The third-order valence-corrected chi connectivity index (χ3v) is 3.30. The minimum Gasteiger partial charge on any atom is -0.481 e. The van der Waals surface area contributed by atoms with E-state index in [1.54, 1.807) is 12.4 Å². The van der Waals surface area contributed by atoms with E-state index in [2.05, 4.69) is 9.97 Å². The second-order valence-electron chi connectivity index (χ2n) is 3.56. The number of aliphatic carboxylic acids is 1. The Hall–Kier alpha value is -1.88. The lowest BCUT2D eigenvalue weighted by Gasteiger charge is -2.06. The van der Waals surface area contributed by atoms with Gasteiger partial charge in [-0.15, -0.1) is 11.8 Å². The molecule has 0 bridgehead atoms. The summed E-state index contributed by atoms with van der Waals surface area (Å²) in [6.45, 7) is 0. The molecule has 2 rings (SSSR count). The molecule has 1 N–H and O–H groups in total. The minimum absolute atomic E-state index is 0.140. The van der Waals surface area contributed by atoms with Gasteiger partial charge < -0.3 is 5.11 Å². The quantitative estimate of drug-likeness (QED) is 0.837. The van der Waals surface area contributed by atoms with Gasteiger partial charge in [0, 0.05) is 23.0 Å². The van der Waals surface area contributed by atoms with Crippen LogP contribution in [-0.4, -0.2) is 26.8 Å². The molecular weight excluding hydrogens is 248 g/mol. The Labute approximate surface area is 109 Å². The number of thioether (sulfide) groups is 1. The number of carboxylic acid groups (broad SMARTS) is 1. The second kappa shape index (κ2) is 6.16. The fourth-order valence-corrected chi connectivity index (χ4v) is 2.42. The SMILES string of the molecule is O=C(O)CCSc1cccnc1-c1ccccn1. The zero-order valence-electron chi connectivity index (χ0n) is 9.61. The Morgan fingerprint density at radius 1 is 1.17 bits per heavy atom. The topological polar surface area (TPSA) is 63.1 Å². The minimum atomic E-state index is -0.786. The van der Waals surface area contributed by atoms with Crippen LogP contribution >= 0.6 is 11.8 Å². The highest BCUT2D eigenvalue weighted by molar-refractivity contribution is 7.99. The van der Waals surface area contributed by atoms with Crippen molar-refractivity contribution in [2.75, 3.05) is 5.75 Å². The summed E-state index contributed by atoms with van der Waals surface area (Å²) in [4.78, 5) is 20.0. The molecule has 18 heavy (non-hydrogen) atoms. The molecule has 0 unspecified atom stereocenters. The number of hydrogen-bond donors (Lipinski definition) is 1. The van der Waals surface area contributed by atoms with E-state index in [0.29, 0.717) is 5.75 Å². The van der Waals surface area contributed by atoms with E-state index in [1.807, 2.05) is 30.3 Å². The molecule has 2 aromatic rings. The summed E-state index contributed by atoms with van der Waals surface area (Å²) in [6.07, 6.45) is 3.57. The summed E-state index contributed by atoms with van der Waals surface area (Å²) >= 11 is 1.49. The number of hydrogen-bond acceptors (Lipinski definition) is 4. The van der Waals surface area contributed by atoms with E-state index in [0.717, 1.165) is 16.3 Å². The lowest BCUT2D eigenvalue weighted by Crippen LogP contribution is -1.96. The largest absolute Gasteiger partial charge is 0.481 e. The average molecular weight is 260 g/mol. The Kier molecular flexibility index (Phi) is 4.30. The molecule has 0 aliphatic heterocycles.